The fourth-order valence-electron chi connectivity index (χ4n) is 0.217. The summed E-state index contributed by atoms with van der Waals surface area (Å²) in [5.41, 5.74) is 0. The third kappa shape index (κ3) is 8.20. The second kappa shape index (κ2) is 3.39. The average Bonchev–Trinajstić information content (AvgIpc) is 1.59. The van der Waals surface area contributed by atoms with Crippen molar-refractivity contribution >= 4 is 20.0 Å². The van der Waals surface area contributed by atoms with Crippen molar-refractivity contribution in [3.8, 4) is 0 Å². The highest BCUT2D eigenvalue weighted by Crippen LogP contribution is 2.01. The van der Waals surface area contributed by atoms with Crippen LogP contribution in [-0.2, 0) is 13.5 Å². The maximum absolute atomic E-state index is 10.1. The average molecular weight is 173 g/mol. The first-order valence-corrected chi connectivity index (χ1v) is 4.74. The molecule has 0 rings (SSSR count). The van der Waals surface area contributed by atoms with E-state index in [0.717, 1.165) is 0 Å². The summed E-state index contributed by atoms with van der Waals surface area (Å²) in [7, 11) is 0.980. The molecule has 0 aromatic heterocycles. The van der Waals surface area contributed by atoms with E-state index in [-0.39, 0.29) is 12.5 Å². The zero-order valence-electron chi connectivity index (χ0n) is 5.30. The van der Waals surface area contributed by atoms with E-state index in [1.165, 1.54) is 0 Å². The lowest BCUT2D eigenvalue weighted by Crippen LogP contribution is -2.04. The van der Waals surface area contributed by atoms with Crippen molar-refractivity contribution in [3.05, 3.63) is 0 Å². The summed E-state index contributed by atoms with van der Waals surface area (Å²) >= 11 is 0. The van der Waals surface area contributed by atoms with Gasteiger partial charge < -0.3 is 0 Å². The number of rotatable bonds is 3. The quantitative estimate of drug-likeness (QED) is 0.600. The van der Waals surface area contributed by atoms with Crippen LogP contribution in [0.25, 0.3) is 0 Å². The molecule has 0 aliphatic heterocycles. The van der Waals surface area contributed by atoms with Crippen LogP contribution < -0.4 is 0 Å². The summed E-state index contributed by atoms with van der Waals surface area (Å²) in [5, 5.41) is 0. The largest absolute Gasteiger partial charge is 0.355 e. The van der Waals surface area contributed by atoms with Crippen LogP contribution in [0.3, 0.4) is 0 Å². The molecule has 0 fully saturated rings. The van der Waals surface area contributed by atoms with E-state index in [4.69, 9.17) is 10.7 Å². The molecular weight excluding hydrogens is 164 g/mol. The molecule has 56 valence electrons. The van der Waals surface area contributed by atoms with Gasteiger partial charge in [-0.25, -0.2) is 0 Å². The van der Waals surface area contributed by atoms with Crippen molar-refractivity contribution in [2.75, 3.05) is 6.61 Å². The molecule has 0 saturated carbocycles. The van der Waals surface area contributed by atoms with Crippen molar-refractivity contribution in [3.63, 3.8) is 0 Å². The SMILES string of the molecule is CC(C)COS(=O)(=O)Cl. The molecule has 0 atom stereocenters. The van der Waals surface area contributed by atoms with Gasteiger partial charge in [-0.05, 0) is 5.92 Å². The maximum atomic E-state index is 10.1. The van der Waals surface area contributed by atoms with Gasteiger partial charge in [-0.15, -0.1) is 0 Å². The van der Waals surface area contributed by atoms with Crippen molar-refractivity contribution < 1.29 is 12.6 Å². The summed E-state index contributed by atoms with van der Waals surface area (Å²) < 4.78 is 24.4. The molecule has 0 N–H and O–H groups in total. The fourth-order valence-corrected chi connectivity index (χ4v) is 0.806. The molecule has 0 aromatic carbocycles. The Hall–Kier alpha value is 0.200. The molecule has 0 saturated heterocycles. The van der Waals surface area contributed by atoms with Crippen LogP contribution in [0.5, 0.6) is 0 Å². The van der Waals surface area contributed by atoms with E-state index in [1.807, 2.05) is 13.8 Å². The molecule has 0 unspecified atom stereocenters. The van der Waals surface area contributed by atoms with Gasteiger partial charge in [0.1, 0.15) is 0 Å². The van der Waals surface area contributed by atoms with Gasteiger partial charge in [0.25, 0.3) is 0 Å². The fraction of sp³-hybridized carbons (Fsp3) is 1.00. The van der Waals surface area contributed by atoms with Gasteiger partial charge in [-0.2, -0.15) is 8.42 Å². The van der Waals surface area contributed by atoms with Crippen molar-refractivity contribution in [2.45, 2.75) is 13.8 Å². The third-order valence-corrected chi connectivity index (χ3v) is 1.23. The van der Waals surface area contributed by atoms with Gasteiger partial charge in [0.05, 0.1) is 6.61 Å². The van der Waals surface area contributed by atoms with E-state index in [2.05, 4.69) is 4.18 Å². The van der Waals surface area contributed by atoms with Crippen molar-refractivity contribution in [1.82, 2.24) is 0 Å². The lowest BCUT2D eigenvalue weighted by atomic mass is 10.2. The van der Waals surface area contributed by atoms with E-state index >= 15 is 0 Å². The van der Waals surface area contributed by atoms with Crippen LogP contribution in [0, 0.1) is 5.92 Å². The van der Waals surface area contributed by atoms with Crippen molar-refractivity contribution in [2.24, 2.45) is 5.92 Å². The first-order chi connectivity index (χ1) is 3.92. The van der Waals surface area contributed by atoms with Gasteiger partial charge in [0.2, 0.25) is 0 Å². The summed E-state index contributed by atoms with van der Waals surface area (Å²) in [6.45, 7) is 3.82. The summed E-state index contributed by atoms with van der Waals surface area (Å²) in [6, 6.07) is 0. The Morgan fingerprint density at radius 1 is 1.56 bits per heavy atom. The minimum absolute atomic E-state index is 0.145. The lowest BCUT2D eigenvalue weighted by Gasteiger charge is -2.00. The van der Waals surface area contributed by atoms with Crippen LogP contribution in [0.15, 0.2) is 0 Å². The highest BCUT2D eigenvalue weighted by molar-refractivity contribution is 8.09. The predicted molar refractivity (Wildman–Crippen MR) is 35.6 cm³/mol. The number of hydrogen-bond donors (Lipinski definition) is 0. The van der Waals surface area contributed by atoms with Gasteiger partial charge in [-0.3, -0.25) is 4.18 Å². The lowest BCUT2D eigenvalue weighted by molar-refractivity contribution is 0.283. The van der Waals surface area contributed by atoms with E-state index in [1.54, 1.807) is 0 Å². The van der Waals surface area contributed by atoms with E-state index in [9.17, 15) is 8.42 Å². The van der Waals surface area contributed by atoms with Crippen LogP contribution in [-0.4, -0.2) is 15.0 Å². The molecule has 0 aromatic rings. The molecule has 5 heteroatoms. The molecule has 0 spiro atoms. The van der Waals surface area contributed by atoms with Gasteiger partial charge >= 0.3 is 9.33 Å². The number of hydrogen-bond acceptors (Lipinski definition) is 3. The Morgan fingerprint density at radius 2 is 2.00 bits per heavy atom. The van der Waals surface area contributed by atoms with E-state index < -0.39 is 9.33 Å². The van der Waals surface area contributed by atoms with Gasteiger partial charge in [0.15, 0.2) is 0 Å². The van der Waals surface area contributed by atoms with Crippen LogP contribution >= 0.6 is 10.7 Å². The van der Waals surface area contributed by atoms with E-state index in [0.29, 0.717) is 0 Å². The Balaban J connectivity index is 3.53. The molecule has 9 heavy (non-hydrogen) atoms. The minimum atomic E-state index is -3.75. The minimum Gasteiger partial charge on any atom is -0.258 e. The maximum Gasteiger partial charge on any atom is 0.355 e. The van der Waals surface area contributed by atoms with Crippen LogP contribution in [0.2, 0.25) is 0 Å². The summed E-state index contributed by atoms with van der Waals surface area (Å²) in [6.07, 6.45) is 0. The second-order valence-electron chi connectivity index (χ2n) is 2.07. The molecule has 0 bridgehead atoms. The zero-order valence-corrected chi connectivity index (χ0v) is 6.87. The predicted octanol–water partition coefficient (Wildman–Crippen LogP) is 1.14. The van der Waals surface area contributed by atoms with Crippen LogP contribution in [0.1, 0.15) is 13.8 Å². The molecule has 0 aliphatic carbocycles. The number of halogens is 1. The molecule has 0 amide bonds. The van der Waals surface area contributed by atoms with Gasteiger partial charge in [0, 0.05) is 10.7 Å². The highest BCUT2D eigenvalue weighted by atomic mass is 35.7. The Bertz CT molecular complexity index is 161. The smallest absolute Gasteiger partial charge is 0.258 e. The Labute approximate surface area is 59.6 Å². The highest BCUT2D eigenvalue weighted by Gasteiger charge is 2.04. The molecule has 0 aliphatic rings. The first kappa shape index (κ1) is 9.20. The summed E-state index contributed by atoms with van der Waals surface area (Å²) in [5.74, 6) is 0.179. The standard InChI is InChI=1S/C4H9ClO3S/c1-4(2)3-8-9(5,6)7/h4H,3H2,1-2H3. The third-order valence-electron chi connectivity index (χ3n) is 0.542. The zero-order chi connectivity index (χ0) is 7.49. The Morgan fingerprint density at radius 3 is 2.11 bits per heavy atom. The van der Waals surface area contributed by atoms with Crippen molar-refractivity contribution in [1.29, 1.82) is 0 Å². The van der Waals surface area contributed by atoms with Crippen LogP contribution in [0.4, 0.5) is 0 Å². The Kier molecular flexibility index (Phi) is 3.46. The molecular formula is C4H9ClO3S. The van der Waals surface area contributed by atoms with Gasteiger partial charge in [-0.1, -0.05) is 13.8 Å². The molecule has 3 nitrogen and oxygen atoms in total. The first-order valence-electron chi connectivity index (χ1n) is 2.51. The molecule has 0 radical (unpaired) electrons. The normalized spacial score (nSPS) is 12.4. The monoisotopic (exact) mass is 172 g/mol. The molecule has 0 heterocycles. The topological polar surface area (TPSA) is 43.4 Å². The second-order valence-corrected chi connectivity index (χ2v) is 4.23. The summed E-state index contributed by atoms with van der Waals surface area (Å²) in [4.78, 5) is 0.